The molecule has 0 aromatic rings. The summed E-state index contributed by atoms with van der Waals surface area (Å²) < 4.78 is 10.5. The van der Waals surface area contributed by atoms with E-state index in [1.54, 1.807) is 0 Å². The average molecular weight is 198 g/mol. The van der Waals surface area contributed by atoms with Gasteiger partial charge in [0, 0.05) is 6.61 Å². The Morgan fingerprint density at radius 1 is 1.29 bits per heavy atom. The standard InChI is InChI=1S/C11H18O3/c1-13-11(12)9-4-5-10(6-9)14-7-8-2-3-8/h8-10H,2-7H2,1H3/t9?,10-/m1/s1. The van der Waals surface area contributed by atoms with Gasteiger partial charge in [0.25, 0.3) is 0 Å². The van der Waals surface area contributed by atoms with Crippen molar-refractivity contribution in [2.45, 2.75) is 38.2 Å². The molecule has 3 heteroatoms. The Morgan fingerprint density at radius 3 is 2.71 bits per heavy atom. The first kappa shape index (κ1) is 9.97. The summed E-state index contributed by atoms with van der Waals surface area (Å²) in [4.78, 5) is 11.2. The lowest BCUT2D eigenvalue weighted by molar-refractivity contribution is -0.145. The fourth-order valence-corrected chi connectivity index (χ4v) is 2.03. The SMILES string of the molecule is COC(=O)C1CC[C@@H](OCC2CC2)C1. The van der Waals surface area contributed by atoms with Crippen LogP contribution in [0.1, 0.15) is 32.1 Å². The quantitative estimate of drug-likeness (QED) is 0.646. The van der Waals surface area contributed by atoms with Crippen LogP contribution >= 0.6 is 0 Å². The normalized spacial score (nSPS) is 31.8. The number of methoxy groups -OCH3 is 1. The minimum absolute atomic E-state index is 0.0671. The van der Waals surface area contributed by atoms with Gasteiger partial charge in [0.2, 0.25) is 0 Å². The van der Waals surface area contributed by atoms with Crippen molar-refractivity contribution >= 4 is 5.97 Å². The molecule has 2 rings (SSSR count). The minimum Gasteiger partial charge on any atom is -0.469 e. The number of esters is 1. The van der Waals surface area contributed by atoms with Crippen LogP contribution in [0.5, 0.6) is 0 Å². The van der Waals surface area contributed by atoms with Crippen molar-refractivity contribution in [2.75, 3.05) is 13.7 Å². The van der Waals surface area contributed by atoms with Crippen molar-refractivity contribution in [3.8, 4) is 0 Å². The lowest BCUT2D eigenvalue weighted by atomic mass is 10.1. The number of ether oxygens (including phenoxy) is 2. The summed E-state index contributed by atoms with van der Waals surface area (Å²) in [5.41, 5.74) is 0. The van der Waals surface area contributed by atoms with Crippen LogP contribution in [0.2, 0.25) is 0 Å². The Kier molecular flexibility index (Phi) is 3.06. The molecule has 0 radical (unpaired) electrons. The van der Waals surface area contributed by atoms with Crippen LogP contribution in [-0.4, -0.2) is 25.8 Å². The summed E-state index contributed by atoms with van der Waals surface area (Å²) in [6.07, 6.45) is 5.77. The molecule has 2 atom stereocenters. The molecule has 2 aliphatic rings. The molecule has 80 valence electrons. The highest BCUT2D eigenvalue weighted by Gasteiger charge is 2.32. The fourth-order valence-electron chi connectivity index (χ4n) is 2.03. The second kappa shape index (κ2) is 4.30. The molecule has 0 aromatic heterocycles. The van der Waals surface area contributed by atoms with E-state index in [1.165, 1.54) is 20.0 Å². The van der Waals surface area contributed by atoms with E-state index in [0.29, 0.717) is 6.10 Å². The van der Waals surface area contributed by atoms with Crippen molar-refractivity contribution in [1.29, 1.82) is 0 Å². The monoisotopic (exact) mass is 198 g/mol. The topological polar surface area (TPSA) is 35.5 Å². The molecular formula is C11H18O3. The van der Waals surface area contributed by atoms with Crippen LogP contribution < -0.4 is 0 Å². The van der Waals surface area contributed by atoms with Crippen molar-refractivity contribution < 1.29 is 14.3 Å². The lowest BCUT2D eigenvalue weighted by Gasteiger charge is -2.11. The second-order valence-corrected chi connectivity index (χ2v) is 4.43. The Labute approximate surface area is 84.8 Å². The molecule has 0 aliphatic heterocycles. The van der Waals surface area contributed by atoms with E-state index < -0.39 is 0 Å². The lowest BCUT2D eigenvalue weighted by Crippen LogP contribution is -2.16. The molecular weight excluding hydrogens is 180 g/mol. The summed E-state index contributed by atoms with van der Waals surface area (Å²) in [7, 11) is 1.46. The molecule has 0 spiro atoms. The third kappa shape index (κ3) is 2.47. The van der Waals surface area contributed by atoms with Crippen molar-refractivity contribution in [2.24, 2.45) is 11.8 Å². The highest BCUT2D eigenvalue weighted by atomic mass is 16.5. The summed E-state index contributed by atoms with van der Waals surface area (Å²) in [5.74, 6) is 0.832. The van der Waals surface area contributed by atoms with Gasteiger partial charge in [-0.25, -0.2) is 0 Å². The summed E-state index contributed by atoms with van der Waals surface area (Å²) in [6.45, 7) is 0.901. The summed E-state index contributed by atoms with van der Waals surface area (Å²) in [5, 5.41) is 0. The molecule has 3 nitrogen and oxygen atoms in total. The highest BCUT2D eigenvalue weighted by molar-refractivity contribution is 5.72. The predicted octanol–water partition coefficient (Wildman–Crippen LogP) is 1.75. The van der Waals surface area contributed by atoms with Gasteiger partial charge < -0.3 is 9.47 Å². The zero-order chi connectivity index (χ0) is 9.97. The van der Waals surface area contributed by atoms with Crippen LogP contribution in [0.3, 0.4) is 0 Å². The zero-order valence-electron chi connectivity index (χ0n) is 8.70. The van der Waals surface area contributed by atoms with Crippen molar-refractivity contribution in [3.05, 3.63) is 0 Å². The second-order valence-electron chi connectivity index (χ2n) is 4.43. The predicted molar refractivity (Wildman–Crippen MR) is 51.8 cm³/mol. The van der Waals surface area contributed by atoms with Crippen molar-refractivity contribution in [1.82, 2.24) is 0 Å². The number of carbonyl (C=O) groups is 1. The van der Waals surface area contributed by atoms with Crippen LogP contribution in [0.25, 0.3) is 0 Å². The van der Waals surface area contributed by atoms with Gasteiger partial charge in [-0.05, 0) is 38.0 Å². The van der Waals surface area contributed by atoms with E-state index in [2.05, 4.69) is 0 Å². The van der Waals surface area contributed by atoms with E-state index >= 15 is 0 Å². The Bertz CT molecular complexity index is 211. The van der Waals surface area contributed by atoms with Gasteiger partial charge in [0.1, 0.15) is 0 Å². The van der Waals surface area contributed by atoms with E-state index in [1.807, 2.05) is 0 Å². The van der Waals surface area contributed by atoms with Gasteiger partial charge in [0.15, 0.2) is 0 Å². The summed E-state index contributed by atoms with van der Waals surface area (Å²) >= 11 is 0. The molecule has 0 heterocycles. The molecule has 2 saturated carbocycles. The summed E-state index contributed by atoms with van der Waals surface area (Å²) in [6, 6.07) is 0. The maximum absolute atomic E-state index is 11.2. The van der Waals surface area contributed by atoms with Gasteiger partial charge in [-0.2, -0.15) is 0 Å². The third-order valence-electron chi connectivity index (χ3n) is 3.18. The van der Waals surface area contributed by atoms with Gasteiger partial charge in [-0.3, -0.25) is 4.79 Å². The number of hydrogen-bond acceptors (Lipinski definition) is 3. The maximum Gasteiger partial charge on any atom is 0.308 e. The van der Waals surface area contributed by atoms with Gasteiger partial charge in [-0.15, -0.1) is 0 Å². The largest absolute Gasteiger partial charge is 0.469 e. The fraction of sp³-hybridized carbons (Fsp3) is 0.909. The maximum atomic E-state index is 11.2. The molecule has 2 fully saturated rings. The number of rotatable bonds is 4. The third-order valence-corrected chi connectivity index (χ3v) is 3.18. The molecule has 0 saturated heterocycles. The number of hydrogen-bond donors (Lipinski definition) is 0. The molecule has 0 amide bonds. The molecule has 0 bridgehead atoms. The van der Waals surface area contributed by atoms with E-state index in [9.17, 15) is 4.79 Å². The van der Waals surface area contributed by atoms with Crippen LogP contribution in [-0.2, 0) is 14.3 Å². The zero-order valence-corrected chi connectivity index (χ0v) is 8.70. The van der Waals surface area contributed by atoms with E-state index in [-0.39, 0.29) is 11.9 Å². The highest BCUT2D eigenvalue weighted by Crippen LogP contribution is 2.33. The smallest absolute Gasteiger partial charge is 0.308 e. The Hall–Kier alpha value is -0.570. The van der Waals surface area contributed by atoms with E-state index in [0.717, 1.165) is 31.8 Å². The van der Waals surface area contributed by atoms with Gasteiger partial charge in [0.05, 0.1) is 19.1 Å². The van der Waals surface area contributed by atoms with Crippen molar-refractivity contribution in [3.63, 3.8) is 0 Å². The van der Waals surface area contributed by atoms with Gasteiger partial charge >= 0.3 is 5.97 Å². The first-order valence-corrected chi connectivity index (χ1v) is 5.49. The van der Waals surface area contributed by atoms with Crippen LogP contribution in [0.4, 0.5) is 0 Å². The first-order chi connectivity index (χ1) is 6.79. The number of carbonyl (C=O) groups excluding carboxylic acids is 1. The average Bonchev–Trinajstić information content (AvgIpc) is 2.92. The van der Waals surface area contributed by atoms with Crippen LogP contribution in [0.15, 0.2) is 0 Å². The van der Waals surface area contributed by atoms with Crippen LogP contribution in [0, 0.1) is 11.8 Å². The molecule has 0 N–H and O–H groups in total. The Morgan fingerprint density at radius 2 is 2.07 bits per heavy atom. The Balaban J connectivity index is 1.67. The van der Waals surface area contributed by atoms with Gasteiger partial charge in [-0.1, -0.05) is 0 Å². The molecule has 2 aliphatic carbocycles. The molecule has 1 unspecified atom stereocenters. The molecule has 0 aromatic carbocycles. The minimum atomic E-state index is -0.0671. The first-order valence-electron chi connectivity index (χ1n) is 5.49. The van der Waals surface area contributed by atoms with E-state index in [4.69, 9.17) is 9.47 Å². The molecule has 14 heavy (non-hydrogen) atoms.